The molecule has 0 unspecified atom stereocenters. The van der Waals surface area contributed by atoms with E-state index in [1.807, 2.05) is 22.4 Å². The van der Waals surface area contributed by atoms with Gasteiger partial charge in [0.05, 0.1) is 29.9 Å². The molecule has 0 radical (unpaired) electrons. The molecule has 0 bridgehead atoms. The molecule has 3 aromatic rings. The van der Waals surface area contributed by atoms with Crippen LogP contribution in [0.3, 0.4) is 0 Å². The van der Waals surface area contributed by atoms with E-state index < -0.39 is 0 Å². The van der Waals surface area contributed by atoms with Crippen LogP contribution < -0.4 is 10.2 Å². The normalized spacial score (nSPS) is 13.9. The van der Waals surface area contributed by atoms with Crippen LogP contribution in [-0.4, -0.2) is 63.0 Å². The number of rotatable bonds is 5. The highest BCUT2D eigenvalue weighted by molar-refractivity contribution is 7.14. The van der Waals surface area contributed by atoms with E-state index in [1.54, 1.807) is 31.5 Å². The monoisotopic (exact) mass is 438 g/mol. The minimum absolute atomic E-state index is 0.0891. The van der Waals surface area contributed by atoms with Crippen LogP contribution in [-0.2, 0) is 11.4 Å². The summed E-state index contributed by atoms with van der Waals surface area (Å²) in [7, 11) is 0. The molecule has 10 heteroatoms. The molecule has 1 fully saturated rings. The van der Waals surface area contributed by atoms with Gasteiger partial charge in [0, 0.05) is 50.2 Å². The lowest BCUT2D eigenvalue weighted by molar-refractivity contribution is -0.129. The summed E-state index contributed by atoms with van der Waals surface area (Å²) >= 11 is 1.29. The Balaban J connectivity index is 1.40. The number of nitrogens with one attached hydrogen (secondary N) is 1. The number of hydrogen-bond donors (Lipinski definition) is 2. The second-order valence-electron chi connectivity index (χ2n) is 7.04. The Morgan fingerprint density at radius 3 is 2.65 bits per heavy atom. The number of aromatic nitrogens is 3. The second-order valence-corrected chi connectivity index (χ2v) is 7.90. The number of hydrogen-bond acceptors (Lipinski definition) is 8. The van der Waals surface area contributed by atoms with E-state index in [0.717, 1.165) is 24.3 Å². The number of carbonyl (C=O) groups is 2. The van der Waals surface area contributed by atoms with Crippen molar-refractivity contribution in [2.75, 3.05) is 36.4 Å². The SMILES string of the molecule is CC(=O)N1CCN(c2ccc(C(=O)Nc3nc(-c4cccnc4CO)cs3)nc2)CC1. The van der Waals surface area contributed by atoms with Gasteiger partial charge in [-0.1, -0.05) is 0 Å². The van der Waals surface area contributed by atoms with Gasteiger partial charge in [-0.15, -0.1) is 11.3 Å². The van der Waals surface area contributed by atoms with Gasteiger partial charge >= 0.3 is 0 Å². The number of amides is 2. The summed E-state index contributed by atoms with van der Waals surface area (Å²) in [6.07, 6.45) is 3.29. The van der Waals surface area contributed by atoms with Crippen molar-refractivity contribution in [1.82, 2.24) is 19.9 Å². The summed E-state index contributed by atoms with van der Waals surface area (Å²) in [5, 5.41) is 14.5. The van der Waals surface area contributed by atoms with E-state index in [4.69, 9.17) is 0 Å². The molecule has 0 aliphatic carbocycles. The average molecular weight is 439 g/mol. The number of anilines is 2. The van der Waals surface area contributed by atoms with Gasteiger partial charge in [0.2, 0.25) is 5.91 Å². The molecule has 2 N–H and O–H groups in total. The highest BCUT2D eigenvalue weighted by Gasteiger charge is 2.19. The molecule has 9 nitrogen and oxygen atoms in total. The van der Waals surface area contributed by atoms with E-state index in [0.29, 0.717) is 35.3 Å². The lowest BCUT2D eigenvalue weighted by Crippen LogP contribution is -2.48. The number of piperazine rings is 1. The van der Waals surface area contributed by atoms with E-state index in [-0.39, 0.29) is 18.4 Å². The van der Waals surface area contributed by atoms with E-state index in [2.05, 4.69) is 25.2 Å². The van der Waals surface area contributed by atoms with E-state index in [9.17, 15) is 14.7 Å². The van der Waals surface area contributed by atoms with Crippen LogP contribution in [0.4, 0.5) is 10.8 Å². The van der Waals surface area contributed by atoms with Crippen molar-refractivity contribution in [3.8, 4) is 11.3 Å². The fourth-order valence-corrected chi connectivity index (χ4v) is 4.11. The van der Waals surface area contributed by atoms with Crippen molar-refractivity contribution in [2.24, 2.45) is 0 Å². The Labute approximate surface area is 183 Å². The molecule has 0 aromatic carbocycles. The smallest absolute Gasteiger partial charge is 0.276 e. The minimum atomic E-state index is -0.345. The lowest BCUT2D eigenvalue weighted by Gasteiger charge is -2.35. The first kappa shape index (κ1) is 20.9. The molecule has 4 rings (SSSR count). The van der Waals surface area contributed by atoms with Gasteiger partial charge in [0.1, 0.15) is 5.69 Å². The van der Waals surface area contributed by atoms with Crippen molar-refractivity contribution in [1.29, 1.82) is 0 Å². The molecule has 3 aromatic heterocycles. The number of aliphatic hydroxyl groups excluding tert-OH is 1. The van der Waals surface area contributed by atoms with Crippen LogP contribution >= 0.6 is 11.3 Å². The largest absolute Gasteiger partial charge is 0.390 e. The molecule has 160 valence electrons. The van der Waals surface area contributed by atoms with Gasteiger partial charge < -0.3 is 14.9 Å². The van der Waals surface area contributed by atoms with Crippen LogP contribution in [0.25, 0.3) is 11.3 Å². The van der Waals surface area contributed by atoms with Crippen molar-refractivity contribution in [2.45, 2.75) is 13.5 Å². The lowest BCUT2D eigenvalue weighted by atomic mass is 10.1. The van der Waals surface area contributed by atoms with Gasteiger partial charge in [-0.3, -0.25) is 19.9 Å². The first-order valence-corrected chi connectivity index (χ1v) is 10.7. The van der Waals surface area contributed by atoms with Crippen molar-refractivity contribution >= 4 is 34.0 Å². The molecule has 0 spiro atoms. The van der Waals surface area contributed by atoms with Crippen LogP contribution in [0, 0.1) is 0 Å². The fraction of sp³-hybridized carbons (Fsp3) is 0.286. The number of nitrogens with zero attached hydrogens (tertiary/aromatic N) is 5. The average Bonchev–Trinajstić information content (AvgIpc) is 3.27. The Morgan fingerprint density at radius 2 is 1.97 bits per heavy atom. The first-order valence-electron chi connectivity index (χ1n) is 9.83. The highest BCUT2D eigenvalue weighted by atomic mass is 32.1. The molecule has 1 saturated heterocycles. The predicted molar refractivity (Wildman–Crippen MR) is 118 cm³/mol. The number of thiazole rings is 1. The molecule has 0 saturated carbocycles. The molecule has 1 aliphatic rings. The standard InChI is InChI=1S/C21H22N6O3S/c1-14(29)26-7-9-27(10-8-26)15-4-5-17(23-11-15)20(30)25-21-24-19(13-31-21)16-3-2-6-22-18(16)12-28/h2-6,11,13,28H,7-10,12H2,1H3,(H,24,25,30). The van der Waals surface area contributed by atoms with Crippen molar-refractivity contribution in [3.63, 3.8) is 0 Å². The summed E-state index contributed by atoms with van der Waals surface area (Å²) in [4.78, 5) is 40.9. The van der Waals surface area contributed by atoms with Crippen LogP contribution in [0.2, 0.25) is 0 Å². The molecule has 31 heavy (non-hydrogen) atoms. The zero-order valence-electron chi connectivity index (χ0n) is 17.0. The summed E-state index contributed by atoms with van der Waals surface area (Å²) in [6.45, 7) is 4.23. The van der Waals surface area contributed by atoms with Crippen LogP contribution in [0.15, 0.2) is 42.0 Å². The minimum Gasteiger partial charge on any atom is -0.390 e. The van der Waals surface area contributed by atoms with Crippen LogP contribution in [0.1, 0.15) is 23.1 Å². The maximum atomic E-state index is 12.6. The molecular weight excluding hydrogens is 416 g/mol. The Hall–Kier alpha value is -3.37. The van der Waals surface area contributed by atoms with E-state index >= 15 is 0 Å². The Morgan fingerprint density at radius 1 is 1.16 bits per heavy atom. The summed E-state index contributed by atoms with van der Waals surface area (Å²) in [5.74, 6) is -0.256. The maximum Gasteiger partial charge on any atom is 0.276 e. The Bertz CT molecular complexity index is 1080. The third kappa shape index (κ3) is 4.70. The fourth-order valence-electron chi connectivity index (χ4n) is 3.40. The molecule has 1 aliphatic heterocycles. The number of carbonyl (C=O) groups excluding carboxylic acids is 2. The van der Waals surface area contributed by atoms with Gasteiger partial charge in [-0.05, 0) is 24.3 Å². The Kier molecular flexibility index (Phi) is 6.19. The quantitative estimate of drug-likeness (QED) is 0.627. The molecule has 0 atom stereocenters. The predicted octanol–water partition coefficient (Wildman–Crippen LogP) is 2.01. The number of aliphatic hydroxyl groups is 1. The molecular formula is C21H22N6O3S. The maximum absolute atomic E-state index is 12.6. The van der Waals surface area contributed by atoms with E-state index in [1.165, 1.54) is 11.3 Å². The zero-order valence-corrected chi connectivity index (χ0v) is 17.8. The van der Waals surface area contributed by atoms with Gasteiger partial charge in [-0.2, -0.15) is 0 Å². The number of pyridine rings is 2. The van der Waals surface area contributed by atoms with Gasteiger partial charge in [0.15, 0.2) is 5.13 Å². The second kappa shape index (κ2) is 9.19. The van der Waals surface area contributed by atoms with Crippen molar-refractivity contribution in [3.05, 3.63) is 53.4 Å². The molecule has 4 heterocycles. The topological polar surface area (TPSA) is 112 Å². The zero-order chi connectivity index (χ0) is 21.8. The van der Waals surface area contributed by atoms with Gasteiger partial charge in [0.25, 0.3) is 5.91 Å². The van der Waals surface area contributed by atoms with Gasteiger partial charge in [-0.25, -0.2) is 9.97 Å². The third-order valence-electron chi connectivity index (χ3n) is 5.11. The summed E-state index contributed by atoms with van der Waals surface area (Å²) in [6, 6.07) is 7.15. The molecule has 2 amide bonds. The van der Waals surface area contributed by atoms with Crippen LogP contribution in [0.5, 0.6) is 0 Å². The van der Waals surface area contributed by atoms with Crippen molar-refractivity contribution < 1.29 is 14.7 Å². The highest BCUT2D eigenvalue weighted by Crippen LogP contribution is 2.27. The summed E-state index contributed by atoms with van der Waals surface area (Å²) in [5.41, 5.74) is 3.12. The summed E-state index contributed by atoms with van der Waals surface area (Å²) < 4.78 is 0. The third-order valence-corrected chi connectivity index (χ3v) is 5.87. The first-order chi connectivity index (χ1) is 15.0.